The van der Waals surface area contributed by atoms with Gasteiger partial charge in [-0.05, 0) is 36.5 Å². The Morgan fingerprint density at radius 3 is 2.89 bits per heavy atom. The van der Waals surface area contributed by atoms with Gasteiger partial charge in [-0.2, -0.15) is 0 Å². The van der Waals surface area contributed by atoms with Crippen LogP contribution in [0.1, 0.15) is 17.7 Å². The third-order valence-corrected chi connectivity index (χ3v) is 4.36. The van der Waals surface area contributed by atoms with Crippen molar-refractivity contribution < 1.29 is 9.15 Å². The van der Waals surface area contributed by atoms with Crippen molar-refractivity contribution in [1.82, 2.24) is 4.98 Å². The Morgan fingerprint density at radius 1 is 1.42 bits per heavy atom. The molecule has 1 fully saturated rings. The van der Waals surface area contributed by atoms with Crippen molar-refractivity contribution >= 4 is 22.0 Å². The number of anilines is 1. The van der Waals surface area contributed by atoms with E-state index in [1.165, 1.54) is 11.3 Å². The number of aromatic nitrogens is 1. The van der Waals surface area contributed by atoms with Crippen LogP contribution in [0.25, 0.3) is 17.0 Å². The maximum absolute atomic E-state index is 5.85. The van der Waals surface area contributed by atoms with Crippen LogP contribution >= 0.6 is 11.3 Å². The molecule has 3 heterocycles. The molecule has 100 valence electrons. The summed E-state index contributed by atoms with van der Waals surface area (Å²) in [6.07, 6.45) is 3.66. The smallest absolute Gasteiger partial charge is 0.181 e. The Balaban J connectivity index is 1.93. The van der Waals surface area contributed by atoms with Crippen molar-refractivity contribution in [3.63, 3.8) is 0 Å². The molecule has 1 aliphatic heterocycles. The third-order valence-electron chi connectivity index (χ3n) is 3.40. The molecule has 0 amide bonds. The van der Waals surface area contributed by atoms with E-state index >= 15 is 0 Å². The van der Waals surface area contributed by atoms with E-state index in [2.05, 4.69) is 11.6 Å². The molecule has 2 aromatic rings. The van der Waals surface area contributed by atoms with Crippen LogP contribution in [0.2, 0.25) is 0 Å². The molecule has 0 bridgehead atoms. The second-order valence-corrected chi connectivity index (χ2v) is 5.65. The molecule has 0 spiro atoms. The summed E-state index contributed by atoms with van der Waals surface area (Å²) in [4.78, 5) is 5.42. The minimum atomic E-state index is 0.447. The second kappa shape index (κ2) is 5.19. The number of nitrogen functional groups attached to an aromatic ring is 1. The van der Waals surface area contributed by atoms with Gasteiger partial charge in [-0.15, -0.1) is 0 Å². The number of ether oxygens (including phenoxy) is 1. The highest BCUT2D eigenvalue weighted by Gasteiger charge is 2.23. The monoisotopic (exact) mass is 276 g/mol. The molecule has 4 nitrogen and oxygen atoms in total. The van der Waals surface area contributed by atoms with Crippen LogP contribution in [0.3, 0.4) is 0 Å². The summed E-state index contributed by atoms with van der Waals surface area (Å²) >= 11 is 1.48. The highest BCUT2D eigenvalue weighted by Crippen LogP contribution is 2.39. The lowest BCUT2D eigenvalue weighted by atomic mass is 9.91. The summed E-state index contributed by atoms with van der Waals surface area (Å²) in [5.74, 6) is 1.19. The number of nitrogens with zero attached hydrogens (tertiary/aromatic N) is 1. The minimum absolute atomic E-state index is 0.447. The zero-order valence-corrected chi connectivity index (χ0v) is 11.4. The van der Waals surface area contributed by atoms with Gasteiger partial charge in [-0.25, -0.2) is 4.98 Å². The third kappa shape index (κ3) is 2.43. The molecule has 1 aliphatic rings. The molecule has 0 atom stereocenters. The largest absolute Gasteiger partial charge is 0.463 e. The van der Waals surface area contributed by atoms with Crippen molar-refractivity contribution in [2.45, 2.75) is 12.8 Å². The van der Waals surface area contributed by atoms with Crippen molar-refractivity contribution in [2.75, 3.05) is 18.9 Å². The average molecular weight is 276 g/mol. The van der Waals surface area contributed by atoms with E-state index in [9.17, 15) is 0 Å². The topological polar surface area (TPSA) is 61.3 Å². The maximum atomic E-state index is 5.85. The van der Waals surface area contributed by atoms with Gasteiger partial charge in [-0.3, -0.25) is 0 Å². The van der Waals surface area contributed by atoms with Gasteiger partial charge in [0.2, 0.25) is 0 Å². The Bertz CT molecular complexity index is 568. The van der Waals surface area contributed by atoms with Crippen LogP contribution in [-0.4, -0.2) is 18.2 Å². The molecular weight excluding hydrogens is 260 g/mol. The zero-order chi connectivity index (χ0) is 13.2. The molecule has 0 aliphatic carbocycles. The van der Waals surface area contributed by atoms with E-state index in [0.717, 1.165) is 48.0 Å². The number of rotatable bonds is 3. The lowest BCUT2D eigenvalue weighted by Gasteiger charge is -2.23. The van der Waals surface area contributed by atoms with Gasteiger partial charge in [0.1, 0.15) is 5.69 Å². The first kappa shape index (κ1) is 12.4. The van der Waals surface area contributed by atoms with Crippen molar-refractivity contribution in [3.8, 4) is 11.5 Å². The summed E-state index contributed by atoms with van der Waals surface area (Å²) in [7, 11) is 0. The second-order valence-electron chi connectivity index (χ2n) is 4.62. The molecule has 0 saturated carbocycles. The van der Waals surface area contributed by atoms with Gasteiger partial charge in [0, 0.05) is 13.2 Å². The fraction of sp³-hybridized carbons (Fsp3) is 0.357. The summed E-state index contributed by atoms with van der Waals surface area (Å²) in [6.45, 7) is 5.85. The quantitative estimate of drug-likeness (QED) is 0.933. The molecule has 19 heavy (non-hydrogen) atoms. The number of hydrogen-bond acceptors (Lipinski definition) is 5. The highest BCUT2D eigenvalue weighted by atomic mass is 32.1. The predicted molar refractivity (Wildman–Crippen MR) is 76.8 cm³/mol. The average Bonchev–Trinajstić information content (AvgIpc) is 3.07. The number of nitrogens with two attached hydrogens (primary N) is 1. The van der Waals surface area contributed by atoms with E-state index in [-0.39, 0.29) is 0 Å². The fourth-order valence-electron chi connectivity index (χ4n) is 2.37. The highest BCUT2D eigenvalue weighted by molar-refractivity contribution is 7.16. The standard InChI is InChI=1S/C14H16N2O2S/c1-9(10-4-7-17-8-5-10)13-12(16-14(15)19-13)11-3-2-6-18-11/h2-3,6,10H,1,4-5,7-8H2,(H2,15,16). The normalized spacial score (nSPS) is 16.6. The summed E-state index contributed by atoms with van der Waals surface area (Å²) in [5, 5.41) is 0.551. The van der Waals surface area contributed by atoms with Gasteiger partial charge < -0.3 is 14.9 Å². The van der Waals surface area contributed by atoms with Crippen LogP contribution in [0.15, 0.2) is 29.4 Å². The molecule has 0 unspecified atom stereocenters. The van der Waals surface area contributed by atoms with Crippen molar-refractivity contribution in [2.24, 2.45) is 5.92 Å². The van der Waals surface area contributed by atoms with Crippen LogP contribution < -0.4 is 5.73 Å². The van der Waals surface area contributed by atoms with Crippen LogP contribution in [0.4, 0.5) is 5.13 Å². The van der Waals surface area contributed by atoms with Gasteiger partial charge in [0.05, 0.1) is 11.1 Å². The van der Waals surface area contributed by atoms with Crippen LogP contribution in [0.5, 0.6) is 0 Å². The first-order chi connectivity index (χ1) is 9.25. The summed E-state index contributed by atoms with van der Waals surface area (Å²) < 4.78 is 10.8. The SMILES string of the molecule is C=C(c1sc(N)nc1-c1ccco1)C1CCOCC1. The lowest BCUT2D eigenvalue weighted by molar-refractivity contribution is 0.0809. The number of allylic oxidation sites excluding steroid dienone is 1. The first-order valence-corrected chi connectivity index (χ1v) is 7.14. The molecule has 2 aromatic heterocycles. The van der Waals surface area contributed by atoms with E-state index in [0.29, 0.717) is 11.0 Å². The molecule has 3 rings (SSSR count). The zero-order valence-electron chi connectivity index (χ0n) is 10.6. The van der Waals surface area contributed by atoms with Gasteiger partial charge in [0.25, 0.3) is 0 Å². The molecule has 5 heteroatoms. The van der Waals surface area contributed by atoms with Gasteiger partial charge in [0.15, 0.2) is 10.9 Å². The molecule has 2 N–H and O–H groups in total. The molecule has 1 saturated heterocycles. The minimum Gasteiger partial charge on any atom is -0.463 e. The van der Waals surface area contributed by atoms with Gasteiger partial charge >= 0.3 is 0 Å². The Kier molecular flexibility index (Phi) is 3.40. The van der Waals surface area contributed by atoms with Gasteiger partial charge in [-0.1, -0.05) is 17.9 Å². The number of furan rings is 1. The number of thiazole rings is 1. The van der Waals surface area contributed by atoms with Crippen LogP contribution in [-0.2, 0) is 4.74 Å². The van der Waals surface area contributed by atoms with Crippen molar-refractivity contribution in [1.29, 1.82) is 0 Å². The maximum Gasteiger partial charge on any atom is 0.181 e. The summed E-state index contributed by atoms with van der Waals surface area (Å²) in [6, 6.07) is 3.75. The summed E-state index contributed by atoms with van der Waals surface area (Å²) in [5.41, 5.74) is 7.76. The molecule has 0 aromatic carbocycles. The lowest BCUT2D eigenvalue weighted by Crippen LogP contribution is -2.16. The van der Waals surface area contributed by atoms with E-state index in [4.69, 9.17) is 14.9 Å². The van der Waals surface area contributed by atoms with E-state index < -0.39 is 0 Å². The van der Waals surface area contributed by atoms with Crippen molar-refractivity contribution in [3.05, 3.63) is 29.9 Å². The number of hydrogen-bond donors (Lipinski definition) is 1. The Hall–Kier alpha value is -1.59. The van der Waals surface area contributed by atoms with E-state index in [1.54, 1.807) is 6.26 Å². The Morgan fingerprint density at radius 2 is 2.21 bits per heavy atom. The molecular formula is C14H16N2O2S. The predicted octanol–water partition coefficient (Wildman–Crippen LogP) is 3.43. The van der Waals surface area contributed by atoms with Crippen LogP contribution in [0, 0.1) is 5.92 Å². The van der Waals surface area contributed by atoms with E-state index in [1.807, 2.05) is 12.1 Å². The molecule has 0 radical (unpaired) electrons. The first-order valence-electron chi connectivity index (χ1n) is 6.33. The fourth-order valence-corrected chi connectivity index (χ4v) is 3.25. The Labute approximate surface area is 115 Å².